The predicted octanol–water partition coefficient (Wildman–Crippen LogP) is 2.96. The molecule has 0 spiro atoms. The highest BCUT2D eigenvalue weighted by molar-refractivity contribution is 7.89. The van der Waals surface area contributed by atoms with Crippen LogP contribution in [0.2, 0.25) is 5.02 Å². The molecule has 0 aliphatic carbocycles. The van der Waals surface area contributed by atoms with Gasteiger partial charge in [0.1, 0.15) is 4.90 Å². The van der Waals surface area contributed by atoms with Gasteiger partial charge in [-0.25, -0.2) is 13.1 Å². The number of sulfonamides is 1. The molecule has 0 radical (unpaired) electrons. The lowest BCUT2D eigenvalue weighted by molar-refractivity contribution is -0.385. The fourth-order valence-electron chi connectivity index (χ4n) is 1.61. The van der Waals surface area contributed by atoms with Gasteiger partial charge in [-0.3, -0.25) is 10.1 Å². The molecule has 0 aliphatic rings. The normalized spacial score (nSPS) is 11.8. The summed E-state index contributed by atoms with van der Waals surface area (Å²) in [5.41, 5.74) is -0.308. The van der Waals surface area contributed by atoms with Gasteiger partial charge in [-0.05, 0) is 24.8 Å². The third-order valence-corrected chi connectivity index (χ3v) is 4.61. The first-order valence-corrected chi connectivity index (χ1v) is 8.03. The number of nitro groups is 1. The molecule has 112 valence electrons. The Bertz CT molecular complexity index is 587. The van der Waals surface area contributed by atoms with E-state index in [1.807, 2.05) is 13.8 Å². The number of benzene rings is 1. The molecule has 0 heterocycles. The van der Waals surface area contributed by atoms with Crippen LogP contribution in [-0.4, -0.2) is 19.9 Å². The molecule has 0 bridgehead atoms. The molecule has 0 unspecified atom stereocenters. The van der Waals surface area contributed by atoms with Crippen molar-refractivity contribution in [3.63, 3.8) is 0 Å². The second-order valence-electron chi connectivity index (χ2n) is 4.81. The minimum absolute atomic E-state index is 0.0352. The molecule has 1 N–H and O–H groups in total. The molecule has 20 heavy (non-hydrogen) atoms. The maximum absolute atomic E-state index is 12.1. The Morgan fingerprint density at radius 3 is 2.60 bits per heavy atom. The fraction of sp³-hybridized carbons (Fsp3) is 0.500. The third-order valence-electron chi connectivity index (χ3n) is 2.67. The highest BCUT2D eigenvalue weighted by Crippen LogP contribution is 2.25. The summed E-state index contributed by atoms with van der Waals surface area (Å²) in [6.45, 7) is 4.37. The van der Waals surface area contributed by atoms with Crippen LogP contribution in [0.5, 0.6) is 0 Å². The molecule has 0 saturated heterocycles. The molecule has 0 amide bonds. The molecule has 0 aliphatic heterocycles. The predicted molar refractivity (Wildman–Crippen MR) is 77.4 cm³/mol. The fourth-order valence-corrected chi connectivity index (χ4v) is 3.20. The van der Waals surface area contributed by atoms with Crippen molar-refractivity contribution in [1.82, 2.24) is 4.72 Å². The lowest BCUT2D eigenvalue weighted by Gasteiger charge is -2.09. The highest BCUT2D eigenvalue weighted by atomic mass is 35.5. The van der Waals surface area contributed by atoms with E-state index in [0.717, 1.165) is 12.5 Å². The van der Waals surface area contributed by atoms with Gasteiger partial charge in [0.15, 0.2) is 0 Å². The van der Waals surface area contributed by atoms with Crippen molar-refractivity contribution >= 4 is 27.3 Å². The van der Waals surface area contributed by atoms with Gasteiger partial charge >= 0.3 is 0 Å². The second-order valence-corrected chi connectivity index (χ2v) is 6.95. The van der Waals surface area contributed by atoms with E-state index in [9.17, 15) is 18.5 Å². The number of nitrogens with zero attached hydrogens (tertiary/aromatic N) is 1. The van der Waals surface area contributed by atoms with Gasteiger partial charge in [0.25, 0.3) is 5.69 Å². The third kappa shape index (κ3) is 4.73. The Kier molecular flexibility index (Phi) is 5.91. The number of nitro benzene ring substituents is 1. The van der Waals surface area contributed by atoms with Crippen LogP contribution in [0.3, 0.4) is 0 Å². The highest BCUT2D eigenvalue weighted by Gasteiger charge is 2.21. The van der Waals surface area contributed by atoms with E-state index < -0.39 is 14.9 Å². The molecule has 8 heteroatoms. The van der Waals surface area contributed by atoms with Gasteiger partial charge in [-0.2, -0.15) is 0 Å². The van der Waals surface area contributed by atoms with Crippen LogP contribution < -0.4 is 4.72 Å². The average Bonchev–Trinajstić information content (AvgIpc) is 2.34. The van der Waals surface area contributed by atoms with Crippen LogP contribution in [-0.2, 0) is 10.0 Å². The number of rotatable bonds is 7. The van der Waals surface area contributed by atoms with Gasteiger partial charge in [0, 0.05) is 18.7 Å². The van der Waals surface area contributed by atoms with E-state index >= 15 is 0 Å². The van der Waals surface area contributed by atoms with Crippen LogP contribution >= 0.6 is 11.6 Å². The largest absolute Gasteiger partial charge is 0.270 e. The Morgan fingerprint density at radius 1 is 1.40 bits per heavy atom. The first-order valence-electron chi connectivity index (χ1n) is 6.17. The molecular formula is C12H17ClN2O4S. The minimum atomic E-state index is -3.83. The summed E-state index contributed by atoms with van der Waals surface area (Å²) >= 11 is 5.81. The van der Waals surface area contributed by atoms with Crippen LogP contribution in [0.25, 0.3) is 0 Å². The lowest BCUT2D eigenvalue weighted by Crippen LogP contribution is -2.25. The van der Waals surface area contributed by atoms with Crippen molar-refractivity contribution in [2.45, 2.75) is 31.6 Å². The summed E-state index contributed by atoms with van der Waals surface area (Å²) in [6, 6.07) is 3.34. The van der Waals surface area contributed by atoms with Crippen LogP contribution in [0.15, 0.2) is 23.1 Å². The van der Waals surface area contributed by atoms with Crippen molar-refractivity contribution < 1.29 is 13.3 Å². The molecule has 0 atom stereocenters. The topological polar surface area (TPSA) is 89.3 Å². The Morgan fingerprint density at radius 2 is 2.05 bits per heavy atom. The van der Waals surface area contributed by atoms with Gasteiger partial charge < -0.3 is 0 Å². The smallest absolute Gasteiger partial charge is 0.258 e. The monoisotopic (exact) mass is 320 g/mol. The molecule has 0 saturated carbocycles. The summed E-state index contributed by atoms with van der Waals surface area (Å²) in [7, 11) is -3.83. The minimum Gasteiger partial charge on any atom is -0.258 e. The number of non-ortho nitro benzene ring substituents is 1. The van der Waals surface area contributed by atoms with Crippen molar-refractivity contribution in [3.8, 4) is 0 Å². The summed E-state index contributed by atoms with van der Waals surface area (Å²) in [5.74, 6) is 0.487. The standard InChI is InChI=1S/C12H17ClN2O4S/c1-9(2)4-3-7-14-20(18,19)12-8-10(15(16)17)5-6-11(12)13/h5-6,8-9,14H,3-4,7H2,1-2H3. The van der Waals surface area contributed by atoms with Crippen molar-refractivity contribution in [3.05, 3.63) is 33.3 Å². The van der Waals surface area contributed by atoms with E-state index in [1.165, 1.54) is 12.1 Å². The Labute approximate surface area is 123 Å². The van der Waals surface area contributed by atoms with E-state index in [-0.39, 0.29) is 22.2 Å². The molecule has 6 nitrogen and oxygen atoms in total. The number of hydrogen-bond acceptors (Lipinski definition) is 4. The molecular weight excluding hydrogens is 304 g/mol. The maximum atomic E-state index is 12.1. The van der Waals surface area contributed by atoms with Gasteiger partial charge in [-0.1, -0.05) is 25.4 Å². The lowest BCUT2D eigenvalue weighted by atomic mass is 10.1. The summed E-state index contributed by atoms with van der Waals surface area (Å²) in [6.07, 6.45) is 1.59. The zero-order chi connectivity index (χ0) is 15.3. The van der Waals surface area contributed by atoms with E-state index in [2.05, 4.69) is 4.72 Å². The van der Waals surface area contributed by atoms with E-state index in [4.69, 9.17) is 11.6 Å². The van der Waals surface area contributed by atoms with Crippen LogP contribution in [0, 0.1) is 16.0 Å². The Hall–Kier alpha value is -1.18. The average molecular weight is 321 g/mol. The molecule has 1 rings (SSSR count). The van der Waals surface area contributed by atoms with Crippen LogP contribution in [0.4, 0.5) is 5.69 Å². The van der Waals surface area contributed by atoms with Gasteiger partial charge in [-0.15, -0.1) is 0 Å². The zero-order valence-electron chi connectivity index (χ0n) is 11.3. The summed E-state index contributed by atoms with van der Waals surface area (Å²) < 4.78 is 26.5. The quantitative estimate of drug-likeness (QED) is 0.475. The second kappa shape index (κ2) is 7.01. The van der Waals surface area contributed by atoms with Crippen molar-refractivity contribution in [2.75, 3.05) is 6.54 Å². The maximum Gasteiger partial charge on any atom is 0.270 e. The van der Waals surface area contributed by atoms with Crippen molar-refractivity contribution in [2.24, 2.45) is 5.92 Å². The molecule has 1 aromatic rings. The summed E-state index contributed by atoms with van der Waals surface area (Å²) in [4.78, 5) is 9.75. The number of hydrogen-bond donors (Lipinski definition) is 1. The SMILES string of the molecule is CC(C)CCCNS(=O)(=O)c1cc([N+](=O)[O-])ccc1Cl. The summed E-state index contributed by atoms with van der Waals surface area (Å²) in [5, 5.41) is 10.6. The number of nitrogens with one attached hydrogen (secondary N) is 1. The number of halogens is 1. The van der Waals surface area contributed by atoms with Gasteiger partial charge in [0.05, 0.1) is 9.95 Å². The molecule has 0 aromatic heterocycles. The first kappa shape index (κ1) is 16.9. The first-order chi connectivity index (χ1) is 9.24. The Balaban J connectivity index is 2.86. The molecule has 1 aromatic carbocycles. The van der Waals surface area contributed by atoms with E-state index in [0.29, 0.717) is 12.3 Å². The molecule has 0 fully saturated rings. The van der Waals surface area contributed by atoms with Crippen LogP contribution in [0.1, 0.15) is 26.7 Å². The van der Waals surface area contributed by atoms with Gasteiger partial charge in [0.2, 0.25) is 10.0 Å². The zero-order valence-corrected chi connectivity index (χ0v) is 12.9. The van der Waals surface area contributed by atoms with Crippen molar-refractivity contribution in [1.29, 1.82) is 0 Å². The van der Waals surface area contributed by atoms with E-state index in [1.54, 1.807) is 0 Å².